The lowest BCUT2D eigenvalue weighted by molar-refractivity contribution is -0.384. The summed E-state index contributed by atoms with van der Waals surface area (Å²) in [5, 5.41) is 10.9. The van der Waals surface area contributed by atoms with Crippen molar-refractivity contribution in [2.75, 3.05) is 11.4 Å². The number of anilines is 1. The lowest BCUT2D eigenvalue weighted by Crippen LogP contribution is -2.30. The maximum Gasteiger partial charge on any atom is 0.269 e. The van der Waals surface area contributed by atoms with Gasteiger partial charge in [0.2, 0.25) is 0 Å². The van der Waals surface area contributed by atoms with Gasteiger partial charge in [-0.2, -0.15) is 0 Å². The molecule has 0 atom stereocenters. The van der Waals surface area contributed by atoms with Gasteiger partial charge in [-0.25, -0.2) is 8.42 Å². The van der Waals surface area contributed by atoms with Crippen LogP contribution in [0.15, 0.2) is 77.7 Å². The number of rotatable bonds is 7. The van der Waals surface area contributed by atoms with Crippen LogP contribution in [0, 0.1) is 17.0 Å². The Bertz CT molecular complexity index is 1090. The number of non-ortho nitro benzene ring substituents is 1. The van der Waals surface area contributed by atoms with Gasteiger partial charge in [-0.15, -0.1) is 0 Å². The fraction of sp³-hybridized carbons (Fsp3) is 0.143. The number of sulfonamides is 1. The number of benzene rings is 3. The summed E-state index contributed by atoms with van der Waals surface area (Å²) < 4.78 is 33.2. The molecule has 3 aromatic rings. The van der Waals surface area contributed by atoms with Gasteiger partial charge in [-0.1, -0.05) is 29.8 Å². The predicted octanol–water partition coefficient (Wildman–Crippen LogP) is 4.31. The number of ether oxygens (including phenoxy) is 1. The van der Waals surface area contributed by atoms with Crippen molar-refractivity contribution in [3.8, 4) is 5.75 Å². The Morgan fingerprint density at radius 2 is 1.52 bits per heavy atom. The molecule has 0 N–H and O–H groups in total. The molecule has 0 radical (unpaired) electrons. The summed E-state index contributed by atoms with van der Waals surface area (Å²) in [7, 11) is -2.42. The number of aryl methyl sites for hydroxylation is 1. The zero-order valence-corrected chi connectivity index (χ0v) is 16.8. The fourth-order valence-corrected chi connectivity index (χ4v) is 4.24. The van der Waals surface area contributed by atoms with E-state index in [0.717, 1.165) is 11.1 Å². The number of nitrogens with zero attached hydrogens (tertiary/aromatic N) is 2. The van der Waals surface area contributed by atoms with Crippen molar-refractivity contribution >= 4 is 21.4 Å². The lowest BCUT2D eigenvalue weighted by Gasteiger charge is -2.25. The van der Waals surface area contributed by atoms with Crippen LogP contribution in [0.25, 0.3) is 0 Å². The third-order valence-electron chi connectivity index (χ3n) is 4.44. The fourth-order valence-electron chi connectivity index (χ4n) is 2.79. The summed E-state index contributed by atoms with van der Waals surface area (Å²) in [6.07, 6.45) is 0. The van der Waals surface area contributed by atoms with Crippen LogP contribution in [0.3, 0.4) is 0 Å². The van der Waals surface area contributed by atoms with Crippen LogP contribution in [0.1, 0.15) is 11.1 Å². The van der Waals surface area contributed by atoms with Crippen LogP contribution >= 0.6 is 0 Å². The average Bonchev–Trinajstić information content (AvgIpc) is 2.73. The highest BCUT2D eigenvalue weighted by atomic mass is 32.2. The van der Waals surface area contributed by atoms with Gasteiger partial charge in [0.05, 0.1) is 29.2 Å². The van der Waals surface area contributed by atoms with Crippen LogP contribution in [-0.4, -0.2) is 20.5 Å². The van der Waals surface area contributed by atoms with E-state index in [2.05, 4.69) is 0 Å². The van der Waals surface area contributed by atoms with Gasteiger partial charge in [0.15, 0.2) is 0 Å². The first kappa shape index (κ1) is 20.3. The van der Waals surface area contributed by atoms with E-state index in [-0.39, 0.29) is 17.1 Å². The second kappa shape index (κ2) is 8.32. The van der Waals surface area contributed by atoms with Crippen LogP contribution in [0.2, 0.25) is 0 Å². The number of hydrogen-bond acceptors (Lipinski definition) is 5. The normalized spacial score (nSPS) is 11.1. The largest absolute Gasteiger partial charge is 0.497 e. The maximum absolute atomic E-state index is 13.4. The van der Waals surface area contributed by atoms with Crippen LogP contribution < -0.4 is 9.04 Å². The van der Waals surface area contributed by atoms with E-state index in [1.54, 1.807) is 24.3 Å². The molecule has 0 bridgehead atoms. The molecule has 0 saturated heterocycles. The zero-order chi connectivity index (χ0) is 21.0. The highest BCUT2D eigenvalue weighted by molar-refractivity contribution is 7.92. The van der Waals surface area contributed by atoms with Crippen molar-refractivity contribution in [1.82, 2.24) is 0 Å². The Kier molecular flexibility index (Phi) is 5.84. The summed E-state index contributed by atoms with van der Waals surface area (Å²) in [5.41, 5.74) is 2.18. The second-order valence-corrected chi connectivity index (χ2v) is 8.31. The maximum atomic E-state index is 13.4. The number of nitro groups is 1. The minimum Gasteiger partial charge on any atom is -0.497 e. The Morgan fingerprint density at radius 1 is 0.931 bits per heavy atom. The molecule has 8 heteroatoms. The van der Waals surface area contributed by atoms with Gasteiger partial charge < -0.3 is 4.74 Å². The molecular formula is C21H20N2O5S. The van der Waals surface area contributed by atoms with E-state index in [1.165, 1.54) is 35.7 Å². The third kappa shape index (κ3) is 4.55. The van der Waals surface area contributed by atoms with E-state index in [1.807, 2.05) is 31.2 Å². The standard InChI is InChI=1S/C21H20N2O5S/c1-16-3-5-17(6-4-16)15-22(18-7-11-20(28-2)12-8-18)29(26,27)21-13-9-19(10-14-21)23(24)25/h3-14H,15H2,1-2H3. The number of methoxy groups -OCH3 is 1. The first-order chi connectivity index (χ1) is 13.8. The quantitative estimate of drug-likeness (QED) is 0.426. The van der Waals surface area contributed by atoms with Crippen LogP contribution in [-0.2, 0) is 16.6 Å². The van der Waals surface area contributed by atoms with E-state index in [0.29, 0.717) is 11.4 Å². The van der Waals surface area contributed by atoms with Crippen molar-refractivity contribution in [2.24, 2.45) is 0 Å². The monoisotopic (exact) mass is 412 g/mol. The Morgan fingerprint density at radius 3 is 2.03 bits per heavy atom. The Balaban J connectivity index is 2.04. The van der Waals surface area contributed by atoms with E-state index in [4.69, 9.17) is 4.74 Å². The molecule has 7 nitrogen and oxygen atoms in total. The van der Waals surface area contributed by atoms with Crippen LogP contribution in [0.4, 0.5) is 11.4 Å². The molecule has 0 amide bonds. The van der Waals surface area contributed by atoms with Gasteiger partial charge in [-0.3, -0.25) is 14.4 Å². The van der Waals surface area contributed by atoms with Gasteiger partial charge in [0.25, 0.3) is 15.7 Å². The zero-order valence-electron chi connectivity index (χ0n) is 16.0. The van der Waals surface area contributed by atoms with Crippen molar-refractivity contribution in [3.05, 3.63) is 94.0 Å². The predicted molar refractivity (Wildman–Crippen MR) is 111 cm³/mol. The molecule has 0 fully saturated rings. The highest BCUT2D eigenvalue weighted by Crippen LogP contribution is 2.28. The molecule has 0 saturated carbocycles. The smallest absolute Gasteiger partial charge is 0.269 e. The molecule has 0 heterocycles. The minimum atomic E-state index is -3.95. The average molecular weight is 412 g/mol. The molecule has 0 unspecified atom stereocenters. The van der Waals surface area contributed by atoms with Crippen LogP contribution in [0.5, 0.6) is 5.75 Å². The van der Waals surface area contributed by atoms with Crippen molar-refractivity contribution in [3.63, 3.8) is 0 Å². The highest BCUT2D eigenvalue weighted by Gasteiger charge is 2.26. The molecule has 29 heavy (non-hydrogen) atoms. The van der Waals surface area contributed by atoms with Crippen molar-refractivity contribution < 1.29 is 18.1 Å². The van der Waals surface area contributed by atoms with Gasteiger partial charge in [0.1, 0.15) is 5.75 Å². The number of nitro benzene ring substituents is 1. The summed E-state index contributed by atoms with van der Waals surface area (Å²) in [5.74, 6) is 0.608. The molecule has 0 aliphatic rings. The SMILES string of the molecule is COc1ccc(N(Cc2ccc(C)cc2)S(=O)(=O)c2ccc([N+](=O)[O-])cc2)cc1. The molecule has 0 aliphatic carbocycles. The summed E-state index contributed by atoms with van der Waals surface area (Å²) in [4.78, 5) is 10.3. The molecular weight excluding hydrogens is 392 g/mol. The van der Waals surface area contributed by atoms with Crippen molar-refractivity contribution in [1.29, 1.82) is 0 Å². The molecule has 0 spiro atoms. The summed E-state index contributed by atoms with van der Waals surface area (Å²) in [6, 6.07) is 19.1. The first-order valence-corrected chi connectivity index (χ1v) is 10.2. The molecule has 3 aromatic carbocycles. The Hall–Kier alpha value is -3.39. The summed E-state index contributed by atoms with van der Waals surface area (Å²) >= 11 is 0. The van der Waals surface area contributed by atoms with Gasteiger partial charge in [-0.05, 0) is 48.9 Å². The topological polar surface area (TPSA) is 89.8 Å². The minimum absolute atomic E-state index is 0.0222. The molecule has 0 aliphatic heterocycles. The first-order valence-electron chi connectivity index (χ1n) is 8.78. The Labute approximate surface area is 169 Å². The van der Waals surface area contributed by atoms with E-state index >= 15 is 0 Å². The van der Waals surface area contributed by atoms with E-state index in [9.17, 15) is 18.5 Å². The molecule has 150 valence electrons. The third-order valence-corrected chi connectivity index (χ3v) is 6.23. The molecule has 3 rings (SSSR count). The second-order valence-electron chi connectivity index (χ2n) is 6.45. The van der Waals surface area contributed by atoms with Gasteiger partial charge in [0, 0.05) is 12.1 Å². The summed E-state index contributed by atoms with van der Waals surface area (Å²) in [6.45, 7) is 2.07. The number of hydrogen-bond donors (Lipinski definition) is 0. The van der Waals surface area contributed by atoms with Gasteiger partial charge >= 0.3 is 0 Å². The molecule has 0 aromatic heterocycles. The van der Waals surface area contributed by atoms with Crippen molar-refractivity contribution in [2.45, 2.75) is 18.4 Å². The van der Waals surface area contributed by atoms with E-state index < -0.39 is 14.9 Å². The lowest BCUT2D eigenvalue weighted by atomic mass is 10.1.